The van der Waals surface area contributed by atoms with Crippen molar-refractivity contribution < 1.29 is 9.53 Å². The third-order valence-corrected chi connectivity index (χ3v) is 2.21. The molecule has 0 aromatic carbocycles. The molecule has 2 nitrogen and oxygen atoms in total. The van der Waals surface area contributed by atoms with E-state index in [2.05, 4.69) is 20.8 Å². The molecule has 0 saturated carbocycles. The molecule has 0 bridgehead atoms. The number of hydrogen-bond donors (Lipinski definition) is 0. The number of carbonyl (C=O) groups excluding carboxylic acids is 1. The van der Waals surface area contributed by atoms with Crippen molar-refractivity contribution in [3.63, 3.8) is 0 Å². The van der Waals surface area contributed by atoms with Gasteiger partial charge in [0, 0.05) is 5.41 Å². The number of hydrogen-bond acceptors (Lipinski definition) is 2. The highest BCUT2D eigenvalue weighted by atomic mass is 16.5. The molecule has 0 aromatic rings. The van der Waals surface area contributed by atoms with Gasteiger partial charge in [-0.2, -0.15) is 0 Å². The summed E-state index contributed by atoms with van der Waals surface area (Å²) >= 11 is 0. The fourth-order valence-corrected chi connectivity index (χ4v) is 0.689. The highest BCUT2D eigenvalue weighted by Crippen LogP contribution is 2.24. The summed E-state index contributed by atoms with van der Waals surface area (Å²) in [6.45, 7) is 7.40. The zero-order valence-electron chi connectivity index (χ0n) is 7.02. The van der Waals surface area contributed by atoms with Gasteiger partial charge in [-0.25, -0.2) is 0 Å². The fraction of sp³-hybridized carbons (Fsp3) is 0.875. The summed E-state index contributed by atoms with van der Waals surface area (Å²) in [7, 11) is 0. The summed E-state index contributed by atoms with van der Waals surface area (Å²) in [4.78, 5) is 9.86. The van der Waals surface area contributed by atoms with E-state index in [1.807, 2.05) is 0 Å². The maximum Gasteiger partial charge on any atom is 0.293 e. The molecule has 0 aliphatic rings. The van der Waals surface area contributed by atoms with Crippen LogP contribution in [0.5, 0.6) is 0 Å². The van der Waals surface area contributed by atoms with Crippen LogP contribution in [-0.2, 0) is 9.53 Å². The molecule has 0 spiro atoms. The molecule has 0 fully saturated rings. The lowest BCUT2D eigenvalue weighted by Gasteiger charge is -2.24. The molecule has 0 amide bonds. The predicted molar refractivity (Wildman–Crippen MR) is 40.7 cm³/mol. The molecular formula is C8H16O2. The second kappa shape index (κ2) is 4.31. The largest absolute Gasteiger partial charge is 0.467 e. The molecule has 0 radical (unpaired) electrons. The minimum Gasteiger partial charge on any atom is -0.467 e. The summed E-state index contributed by atoms with van der Waals surface area (Å²) in [5.74, 6) is 0. The fourth-order valence-electron chi connectivity index (χ4n) is 0.689. The molecule has 60 valence electrons. The minimum atomic E-state index is 0.181. The first-order valence-corrected chi connectivity index (χ1v) is 3.73. The second-order valence-electron chi connectivity index (χ2n) is 2.92. The maximum absolute atomic E-state index is 9.86. The Morgan fingerprint density at radius 1 is 1.40 bits per heavy atom. The second-order valence-corrected chi connectivity index (χ2v) is 2.92. The summed E-state index contributed by atoms with van der Waals surface area (Å²) in [5.41, 5.74) is 0.181. The Labute approximate surface area is 62.6 Å². The van der Waals surface area contributed by atoms with E-state index >= 15 is 0 Å². The van der Waals surface area contributed by atoms with Gasteiger partial charge in [-0.15, -0.1) is 0 Å². The lowest BCUT2D eigenvalue weighted by Crippen LogP contribution is -2.20. The van der Waals surface area contributed by atoms with Crippen molar-refractivity contribution in [3.05, 3.63) is 0 Å². The average molecular weight is 144 g/mol. The van der Waals surface area contributed by atoms with E-state index < -0.39 is 0 Å². The smallest absolute Gasteiger partial charge is 0.293 e. The first kappa shape index (κ1) is 9.47. The van der Waals surface area contributed by atoms with E-state index in [-0.39, 0.29) is 5.41 Å². The Morgan fingerprint density at radius 2 is 1.90 bits per heavy atom. The summed E-state index contributed by atoms with van der Waals surface area (Å²) in [6, 6.07) is 0. The van der Waals surface area contributed by atoms with Gasteiger partial charge in [-0.05, 0) is 12.8 Å². The van der Waals surface area contributed by atoms with Crippen LogP contribution < -0.4 is 0 Å². The predicted octanol–water partition coefficient (Wildman–Crippen LogP) is 1.99. The maximum atomic E-state index is 9.86. The van der Waals surface area contributed by atoms with Crippen LogP contribution in [0, 0.1) is 5.41 Å². The third kappa shape index (κ3) is 2.85. The Hall–Kier alpha value is -0.530. The highest BCUT2D eigenvalue weighted by Gasteiger charge is 2.19. The van der Waals surface area contributed by atoms with Crippen molar-refractivity contribution in [2.24, 2.45) is 5.41 Å². The molecule has 0 aromatic heterocycles. The van der Waals surface area contributed by atoms with E-state index in [1.165, 1.54) is 0 Å². The molecule has 0 unspecified atom stereocenters. The van der Waals surface area contributed by atoms with E-state index in [1.54, 1.807) is 0 Å². The summed E-state index contributed by atoms with van der Waals surface area (Å²) in [5, 5.41) is 0. The van der Waals surface area contributed by atoms with Gasteiger partial charge in [0.05, 0.1) is 6.61 Å². The van der Waals surface area contributed by atoms with Gasteiger partial charge >= 0.3 is 0 Å². The molecule has 10 heavy (non-hydrogen) atoms. The van der Waals surface area contributed by atoms with E-state index in [0.717, 1.165) is 12.8 Å². The third-order valence-electron chi connectivity index (χ3n) is 2.21. The Bertz CT molecular complexity index is 95.4. The van der Waals surface area contributed by atoms with E-state index in [0.29, 0.717) is 13.1 Å². The highest BCUT2D eigenvalue weighted by molar-refractivity contribution is 5.36. The van der Waals surface area contributed by atoms with Crippen molar-refractivity contribution in [2.75, 3.05) is 6.61 Å². The SMILES string of the molecule is CCC(C)(CC)COC=O. The molecule has 0 N–H and O–H groups in total. The van der Waals surface area contributed by atoms with Crippen molar-refractivity contribution in [1.82, 2.24) is 0 Å². The van der Waals surface area contributed by atoms with Crippen LogP contribution in [0.25, 0.3) is 0 Å². The number of carbonyl (C=O) groups is 1. The van der Waals surface area contributed by atoms with Crippen LogP contribution in [0.1, 0.15) is 33.6 Å². The first-order chi connectivity index (χ1) is 4.68. The van der Waals surface area contributed by atoms with Gasteiger partial charge in [0.1, 0.15) is 0 Å². The lowest BCUT2D eigenvalue weighted by molar-refractivity contribution is -0.131. The monoisotopic (exact) mass is 144 g/mol. The quantitative estimate of drug-likeness (QED) is 0.551. The normalized spacial score (nSPS) is 11.1. The van der Waals surface area contributed by atoms with E-state index in [9.17, 15) is 4.79 Å². The zero-order chi connectivity index (χ0) is 8.04. The summed E-state index contributed by atoms with van der Waals surface area (Å²) < 4.78 is 4.70. The van der Waals surface area contributed by atoms with Gasteiger partial charge in [0.25, 0.3) is 6.47 Å². The van der Waals surface area contributed by atoms with Gasteiger partial charge < -0.3 is 4.74 Å². The van der Waals surface area contributed by atoms with Crippen LogP contribution in [-0.4, -0.2) is 13.1 Å². The van der Waals surface area contributed by atoms with Crippen molar-refractivity contribution in [3.8, 4) is 0 Å². The Morgan fingerprint density at radius 3 is 2.20 bits per heavy atom. The molecule has 0 heterocycles. The number of ether oxygens (including phenoxy) is 1. The molecular weight excluding hydrogens is 128 g/mol. The van der Waals surface area contributed by atoms with Crippen LogP contribution in [0.4, 0.5) is 0 Å². The molecule has 0 aliphatic heterocycles. The standard InChI is InChI=1S/C8H16O2/c1-4-8(3,5-2)6-10-7-9/h7H,4-6H2,1-3H3. The lowest BCUT2D eigenvalue weighted by atomic mass is 9.86. The molecule has 2 heteroatoms. The van der Waals surface area contributed by atoms with Gasteiger partial charge in [-0.3, -0.25) is 4.79 Å². The van der Waals surface area contributed by atoms with E-state index in [4.69, 9.17) is 4.74 Å². The van der Waals surface area contributed by atoms with Crippen LogP contribution in [0.15, 0.2) is 0 Å². The van der Waals surface area contributed by atoms with Crippen LogP contribution >= 0.6 is 0 Å². The Kier molecular flexibility index (Phi) is 4.08. The van der Waals surface area contributed by atoms with Crippen molar-refractivity contribution >= 4 is 6.47 Å². The first-order valence-electron chi connectivity index (χ1n) is 3.73. The van der Waals surface area contributed by atoms with Gasteiger partial charge in [-0.1, -0.05) is 20.8 Å². The molecule has 0 saturated heterocycles. The molecule has 0 rings (SSSR count). The average Bonchev–Trinajstić information content (AvgIpc) is 2.00. The van der Waals surface area contributed by atoms with Gasteiger partial charge in [0.15, 0.2) is 0 Å². The van der Waals surface area contributed by atoms with Crippen molar-refractivity contribution in [2.45, 2.75) is 33.6 Å². The topological polar surface area (TPSA) is 26.3 Å². The van der Waals surface area contributed by atoms with Gasteiger partial charge in [0.2, 0.25) is 0 Å². The van der Waals surface area contributed by atoms with Crippen molar-refractivity contribution in [1.29, 1.82) is 0 Å². The summed E-state index contributed by atoms with van der Waals surface area (Å²) in [6.07, 6.45) is 2.11. The Balaban J connectivity index is 3.68. The molecule has 0 aliphatic carbocycles. The zero-order valence-corrected chi connectivity index (χ0v) is 7.02. The van der Waals surface area contributed by atoms with Crippen LogP contribution in [0.2, 0.25) is 0 Å². The minimum absolute atomic E-state index is 0.181. The van der Waals surface area contributed by atoms with Crippen LogP contribution in [0.3, 0.4) is 0 Å². The molecule has 0 atom stereocenters. The number of rotatable bonds is 5.